The maximum absolute atomic E-state index is 5.45. The predicted molar refractivity (Wildman–Crippen MR) is 52.1 cm³/mol. The normalized spacial score (nSPS) is 10.3. The average molecular weight is 189 g/mol. The van der Waals surface area contributed by atoms with E-state index in [1.54, 1.807) is 6.20 Å². The van der Waals surface area contributed by atoms with Gasteiger partial charge in [-0.15, -0.1) is 11.3 Å². The number of thiol groups is 1. The summed E-state index contributed by atoms with van der Waals surface area (Å²) in [6.45, 7) is 1.76. The molecule has 0 unspecified atom stereocenters. The molecule has 0 aromatic carbocycles. The zero-order chi connectivity index (χ0) is 8.10. The average Bonchev–Trinajstić information content (AvgIpc) is 2.37. The molecular formula is C6H11N3S2. The molecule has 5 heteroatoms. The summed E-state index contributed by atoms with van der Waals surface area (Å²) in [4.78, 5) is 5.10. The molecule has 1 aromatic rings. The molecule has 0 saturated heterocycles. The van der Waals surface area contributed by atoms with Gasteiger partial charge in [0, 0.05) is 29.9 Å². The molecule has 3 nitrogen and oxygen atoms in total. The summed E-state index contributed by atoms with van der Waals surface area (Å²) in [7, 11) is 0. The number of thiazole rings is 1. The van der Waals surface area contributed by atoms with Gasteiger partial charge in [0.1, 0.15) is 0 Å². The lowest BCUT2D eigenvalue weighted by Gasteiger charge is -1.96. The highest BCUT2D eigenvalue weighted by atomic mass is 32.1. The fourth-order valence-electron chi connectivity index (χ4n) is 0.695. The Morgan fingerprint density at radius 2 is 2.55 bits per heavy atom. The molecule has 1 rings (SSSR count). The van der Waals surface area contributed by atoms with Gasteiger partial charge in [0.15, 0.2) is 5.13 Å². The maximum Gasteiger partial charge on any atom is 0.180 e. The van der Waals surface area contributed by atoms with E-state index in [9.17, 15) is 0 Å². The van der Waals surface area contributed by atoms with Crippen LogP contribution >= 0.6 is 24.0 Å². The van der Waals surface area contributed by atoms with E-state index < -0.39 is 0 Å². The number of nitrogen functional groups attached to an aromatic ring is 1. The predicted octanol–water partition coefficient (Wildman–Crippen LogP) is 0.745. The van der Waals surface area contributed by atoms with Crippen LogP contribution in [0.15, 0.2) is 6.20 Å². The summed E-state index contributed by atoms with van der Waals surface area (Å²) in [6.07, 6.45) is 1.80. The maximum atomic E-state index is 5.45. The largest absolute Gasteiger partial charge is 0.375 e. The molecule has 0 aliphatic carbocycles. The van der Waals surface area contributed by atoms with E-state index in [1.807, 2.05) is 0 Å². The lowest BCUT2D eigenvalue weighted by molar-refractivity contribution is 0.741. The van der Waals surface area contributed by atoms with Crippen molar-refractivity contribution >= 4 is 29.1 Å². The molecule has 0 fully saturated rings. The van der Waals surface area contributed by atoms with E-state index >= 15 is 0 Å². The highest BCUT2D eigenvalue weighted by Gasteiger charge is 1.95. The minimum absolute atomic E-state index is 0.632. The molecular weight excluding hydrogens is 178 g/mol. The molecule has 0 spiro atoms. The van der Waals surface area contributed by atoms with Crippen molar-refractivity contribution in [3.8, 4) is 0 Å². The van der Waals surface area contributed by atoms with E-state index in [2.05, 4.69) is 22.9 Å². The zero-order valence-electron chi connectivity index (χ0n) is 6.08. The van der Waals surface area contributed by atoms with Crippen LogP contribution in [0.2, 0.25) is 0 Å². The Morgan fingerprint density at radius 3 is 3.09 bits per heavy atom. The van der Waals surface area contributed by atoms with Crippen LogP contribution in [0.1, 0.15) is 4.88 Å². The van der Waals surface area contributed by atoms with Crippen molar-refractivity contribution in [1.82, 2.24) is 10.3 Å². The number of aromatic nitrogens is 1. The third-order valence-electron chi connectivity index (χ3n) is 1.16. The van der Waals surface area contributed by atoms with Gasteiger partial charge < -0.3 is 11.1 Å². The molecule has 1 heterocycles. The molecule has 0 saturated carbocycles. The molecule has 0 aliphatic heterocycles. The monoisotopic (exact) mass is 189 g/mol. The van der Waals surface area contributed by atoms with Gasteiger partial charge in [-0.05, 0) is 0 Å². The Balaban J connectivity index is 2.27. The van der Waals surface area contributed by atoms with Gasteiger partial charge in [0.05, 0.1) is 0 Å². The Labute approximate surface area is 75.4 Å². The van der Waals surface area contributed by atoms with Crippen LogP contribution in [0.5, 0.6) is 0 Å². The summed E-state index contributed by atoms with van der Waals surface area (Å²) in [6, 6.07) is 0. The standard InChI is InChI=1S/C6H11N3S2/c7-6-9-4-5(11-6)3-8-1-2-10/h4,8,10H,1-3H2,(H2,7,9). The first-order valence-corrected chi connectivity index (χ1v) is 4.79. The fourth-order valence-corrected chi connectivity index (χ4v) is 1.51. The van der Waals surface area contributed by atoms with Gasteiger partial charge in [0.25, 0.3) is 0 Å². The molecule has 0 atom stereocenters. The van der Waals surface area contributed by atoms with E-state index in [-0.39, 0.29) is 0 Å². The lowest BCUT2D eigenvalue weighted by Crippen LogP contribution is -2.14. The summed E-state index contributed by atoms with van der Waals surface area (Å²) >= 11 is 5.59. The molecule has 0 bridgehead atoms. The van der Waals surface area contributed by atoms with Gasteiger partial charge in [0.2, 0.25) is 0 Å². The smallest absolute Gasteiger partial charge is 0.180 e. The SMILES string of the molecule is Nc1ncc(CNCCS)s1. The number of anilines is 1. The van der Waals surface area contributed by atoms with Gasteiger partial charge in [-0.1, -0.05) is 0 Å². The second-order valence-corrected chi connectivity index (χ2v) is 3.66. The molecule has 3 N–H and O–H groups in total. The van der Waals surface area contributed by atoms with E-state index in [0.717, 1.165) is 18.8 Å². The number of nitrogens with zero attached hydrogens (tertiary/aromatic N) is 1. The van der Waals surface area contributed by atoms with Gasteiger partial charge >= 0.3 is 0 Å². The van der Waals surface area contributed by atoms with Crippen LogP contribution in [0.25, 0.3) is 0 Å². The van der Waals surface area contributed by atoms with Crippen LogP contribution in [0.4, 0.5) is 5.13 Å². The number of nitrogens with one attached hydrogen (secondary N) is 1. The van der Waals surface area contributed by atoms with E-state index in [4.69, 9.17) is 5.73 Å². The minimum atomic E-state index is 0.632. The summed E-state index contributed by atoms with van der Waals surface area (Å²) in [5.41, 5.74) is 5.45. The minimum Gasteiger partial charge on any atom is -0.375 e. The van der Waals surface area contributed by atoms with Crippen molar-refractivity contribution in [3.63, 3.8) is 0 Å². The van der Waals surface area contributed by atoms with Gasteiger partial charge in [-0.2, -0.15) is 12.6 Å². The van der Waals surface area contributed by atoms with Crippen molar-refractivity contribution in [3.05, 3.63) is 11.1 Å². The van der Waals surface area contributed by atoms with Crippen molar-refractivity contribution in [2.45, 2.75) is 6.54 Å². The second-order valence-electron chi connectivity index (χ2n) is 2.07. The summed E-state index contributed by atoms with van der Waals surface area (Å²) < 4.78 is 0. The Kier molecular flexibility index (Phi) is 3.68. The Morgan fingerprint density at radius 1 is 1.73 bits per heavy atom. The van der Waals surface area contributed by atoms with E-state index in [0.29, 0.717) is 5.13 Å². The Hall–Kier alpha value is -0.260. The summed E-state index contributed by atoms with van der Waals surface area (Å²) in [5, 5.41) is 3.84. The van der Waals surface area contributed by atoms with Gasteiger partial charge in [-0.25, -0.2) is 4.98 Å². The lowest BCUT2D eigenvalue weighted by atomic mass is 10.5. The first-order valence-electron chi connectivity index (χ1n) is 3.34. The van der Waals surface area contributed by atoms with Crippen LogP contribution in [-0.4, -0.2) is 17.3 Å². The quantitative estimate of drug-likeness (QED) is 0.484. The summed E-state index contributed by atoms with van der Waals surface area (Å²) in [5.74, 6) is 0.855. The first-order chi connectivity index (χ1) is 5.33. The first kappa shape index (κ1) is 8.83. The molecule has 0 aliphatic rings. The second kappa shape index (κ2) is 4.58. The van der Waals surface area contributed by atoms with E-state index in [1.165, 1.54) is 16.2 Å². The van der Waals surface area contributed by atoms with Crippen molar-refractivity contribution in [1.29, 1.82) is 0 Å². The molecule has 11 heavy (non-hydrogen) atoms. The van der Waals surface area contributed by atoms with Crippen molar-refractivity contribution in [2.24, 2.45) is 0 Å². The van der Waals surface area contributed by atoms with Crippen molar-refractivity contribution in [2.75, 3.05) is 18.0 Å². The number of hydrogen-bond acceptors (Lipinski definition) is 5. The molecule has 62 valence electrons. The van der Waals surface area contributed by atoms with Crippen LogP contribution in [0.3, 0.4) is 0 Å². The fraction of sp³-hybridized carbons (Fsp3) is 0.500. The third kappa shape index (κ3) is 3.09. The zero-order valence-corrected chi connectivity index (χ0v) is 7.79. The highest BCUT2D eigenvalue weighted by Crippen LogP contribution is 2.13. The van der Waals surface area contributed by atoms with Crippen LogP contribution < -0.4 is 11.1 Å². The van der Waals surface area contributed by atoms with Gasteiger partial charge in [-0.3, -0.25) is 0 Å². The Bertz CT molecular complexity index is 211. The number of hydrogen-bond donors (Lipinski definition) is 3. The topological polar surface area (TPSA) is 50.9 Å². The molecule has 1 aromatic heterocycles. The van der Waals surface area contributed by atoms with Crippen LogP contribution in [-0.2, 0) is 6.54 Å². The molecule has 0 radical (unpaired) electrons. The third-order valence-corrected chi connectivity index (χ3v) is 2.21. The number of rotatable bonds is 4. The van der Waals surface area contributed by atoms with Crippen LogP contribution in [0, 0.1) is 0 Å². The molecule has 0 amide bonds. The van der Waals surface area contributed by atoms with Crippen molar-refractivity contribution < 1.29 is 0 Å². The number of nitrogens with two attached hydrogens (primary N) is 1. The highest BCUT2D eigenvalue weighted by molar-refractivity contribution is 7.80.